The van der Waals surface area contributed by atoms with Crippen molar-refractivity contribution in [1.82, 2.24) is 0 Å². The predicted octanol–water partition coefficient (Wildman–Crippen LogP) is 19.1. The molecule has 0 saturated heterocycles. The molecule has 8 nitrogen and oxygen atoms in total. The molecule has 0 spiro atoms. The highest BCUT2D eigenvalue weighted by Crippen LogP contribution is 2.51. The molecule has 14 aromatic carbocycles. The lowest BCUT2D eigenvalue weighted by Gasteiger charge is -2.44. The average Bonchev–Trinajstić information content (AvgIpc) is 1.01. The zero-order valence-corrected chi connectivity index (χ0v) is 50.3. The van der Waals surface area contributed by atoms with E-state index in [0.29, 0.717) is 0 Å². The molecule has 4 aliphatic rings. The van der Waals surface area contributed by atoms with Crippen LogP contribution in [0.5, 0.6) is 0 Å². The molecule has 0 amide bonds. The molecular formula is C84H48B2N4O4. The van der Waals surface area contributed by atoms with E-state index in [0.717, 1.165) is 167 Å². The van der Waals surface area contributed by atoms with Gasteiger partial charge in [-0.1, -0.05) is 164 Å². The number of nitrogens with zero attached hydrogens (tertiary/aromatic N) is 4. The molecular weight excluding hydrogens is 1150 g/mol. The van der Waals surface area contributed by atoms with Crippen LogP contribution in [0.2, 0.25) is 0 Å². The maximum atomic E-state index is 7.35. The van der Waals surface area contributed by atoms with Crippen LogP contribution in [-0.2, 0) is 0 Å². The third kappa shape index (κ3) is 6.77. The first-order valence-electron chi connectivity index (χ1n) is 32.2. The summed E-state index contributed by atoms with van der Waals surface area (Å²) in [5.41, 5.74) is 29.4. The summed E-state index contributed by atoms with van der Waals surface area (Å²) in [6.45, 7) is -0.101. The lowest BCUT2D eigenvalue weighted by Crippen LogP contribution is -2.61. The summed E-state index contributed by atoms with van der Waals surface area (Å²) in [7, 11) is 0. The van der Waals surface area contributed by atoms with Crippen LogP contribution < -0.4 is 52.4 Å². The first-order valence-corrected chi connectivity index (χ1v) is 32.2. The largest absolute Gasteiger partial charge is 0.456 e. The van der Waals surface area contributed by atoms with Gasteiger partial charge in [0.15, 0.2) is 11.2 Å². The van der Waals surface area contributed by atoms with Crippen LogP contribution >= 0.6 is 0 Å². The lowest BCUT2D eigenvalue weighted by atomic mass is 9.33. The maximum absolute atomic E-state index is 7.35. The van der Waals surface area contributed by atoms with Crippen LogP contribution in [0.25, 0.3) is 98.9 Å². The summed E-state index contributed by atoms with van der Waals surface area (Å²) < 4.78 is 27.4. The van der Waals surface area contributed by atoms with E-state index >= 15 is 0 Å². The van der Waals surface area contributed by atoms with Gasteiger partial charge in [-0.15, -0.1) is 0 Å². The fraction of sp³-hybridized carbons (Fsp3) is 0. The number of anilines is 12. The molecule has 4 aromatic heterocycles. The van der Waals surface area contributed by atoms with Crippen LogP contribution in [0.1, 0.15) is 0 Å². The van der Waals surface area contributed by atoms with Crippen molar-refractivity contribution in [3.8, 4) is 11.1 Å². The van der Waals surface area contributed by atoms with E-state index in [1.807, 2.05) is 24.3 Å². The van der Waals surface area contributed by atoms with E-state index in [-0.39, 0.29) is 13.4 Å². The smallest absolute Gasteiger partial charge is 0.252 e. The zero-order chi connectivity index (χ0) is 61.0. The minimum Gasteiger partial charge on any atom is -0.456 e. The highest BCUT2D eigenvalue weighted by Gasteiger charge is 2.46. The zero-order valence-electron chi connectivity index (χ0n) is 50.3. The molecule has 22 rings (SSSR count). The summed E-state index contributed by atoms with van der Waals surface area (Å²) in [6, 6.07) is 106. The van der Waals surface area contributed by atoms with Gasteiger partial charge in [-0.2, -0.15) is 0 Å². The average molecular weight is 1200 g/mol. The van der Waals surface area contributed by atoms with E-state index in [1.54, 1.807) is 0 Å². The van der Waals surface area contributed by atoms with Crippen molar-refractivity contribution in [2.75, 3.05) is 19.6 Å². The molecule has 4 aliphatic heterocycles. The Balaban J connectivity index is 0.702. The Morgan fingerprint density at radius 3 is 1.07 bits per heavy atom. The molecule has 0 N–H and O–H groups in total. The van der Waals surface area contributed by atoms with Crippen LogP contribution in [0.15, 0.2) is 309 Å². The van der Waals surface area contributed by atoms with Gasteiger partial charge in [0, 0.05) is 112 Å². The van der Waals surface area contributed by atoms with Gasteiger partial charge in [-0.3, -0.25) is 0 Å². The Hall–Kier alpha value is -12.4. The van der Waals surface area contributed by atoms with Gasteiger partial charge in [0.1, 0.15) is 33.5 Å². The monoisotopic (exact) mass is 1200 g/mol. The van der Waals surface area contributed by atoms with Crippen molar-refractivity contribution >= 4 is 202 Å². The second kappa shape index (κ2) is 18.6. The number of fused-ring (bicyclic) bond motifs is 20. The summed E-state index contributed by atoms with van der Waals surface area (Å²) >= 11 is 0. The van der Waals surface area contributed by atoms with E-state index in [1.165, 1.54) is 32.8 Å². The fourth-order valence-electron chi connectivity index (χ4n) is 16.7. The predicted molar refractivity (Wildman–Crippen MR) is 389 cm³/mol. The number of hydrogen-bond acceptors (Lipinski definition) is 8. The van der Waals surface area contributed by atoms with Crippen molar-refractivity contribution in [3.63, 3.8) is 0 Å². The van der Waals surface area contributed by atoms with Gasteiger partial charge in [0.05, 0.1) is 11.4 Å². The van der Waals surface area contributed by atoms with E-state index < -0.39 is 0 Å². The minimum absolute atomic E-state index is 0.0259. The Labute approximate surface area is 538 Å². The number of furan rings is 4. The van der Waals surface area contributed by atoms with Crippen molar-refractivity contribution < 1.29 is 17.7 Å². The number of hydrogen-bond donors (Lipinski definition) is 0. The van der Waals surface area contributed by atoms with Crippen molar-refractivity contribution in [2.45, 2.75) is 0 Å². The first-order chi connectivity index (χ1) is 46.6. The molecule has 18 aromatic rings. The molecule has 0 atom stereocenters. The summed E-state index contributed by atoms with van der Waals surface area (Å²) in [5.74, 6) is 0. The summed E-state index contributed by atoms with van der Waals surface area (Å²) in [6.07, 6.45) is 0. The third-order valence-corrected chi connectivity index (χ3v) is 20.6. The minimum atomic E-state index is -0.0748. The molecule has 10 heteroatoms. The highest BCUT2D eigenvalue weighted by molar-refractivity contribution is 7.01. The van der Waals surface area contributed by atoms with Gasteiger partial charge in [-0.05, 0) is 159 Å². The van der Waals surface area contributed by atoms with Crippen LogP contribution in [0.4, 0.5) is 68.2 Å². The second-order valence-electron chi connectivity index (χ2n) is 25.4. The maximum Gasteiger partial charge on any atom is 0.252 e. The topological polar surface area (TPSA) is 65.5 Å². The van der Waals surface area contributed by atoms with Crippen LogP contribution in [0.3, 0.4) is 0 Å². The summed E-state index contributed by atoms with van der Waals surface area (Å²) in [5, 5.41) is 8.72. The summed E-state index contributed by atoms with van der Waals surface area (Å²) in [4.78, 5) is 9.75. The Morgan fingerprint density at radius 1 is 0.202 bits per heavy atom. The van der Waals surface area contributed by atoms with Crippen molar-refractivity contribution in [2.24, 2.45) is 0 Å². The molecule has 0 fully saturated rings. The Kier molecular flexibility index (Phi) is 9.98. The molecule has 94 heavy (non-hydrogen) atoms. The van der Waals surface area contributed by atoms with E-state index in [2.05, 4.69) is 287 Å². The van der Waals surface area contributed by atoms with Crippen LogP contribution in [0, 0.1) is 0 Å². The van der Waals surface area contributed by atoms with Gasteiger partial charge in [0.2, 0.25) is 0 Å². The molecule has 0 radical (unpaired) electrons. The standard InChI is InChI=1S/C84H48B2N4O4/c1-10-34-75-53(17-1)56-42-39-51(47-79(56)91-75)87-65-25-7-4-22-61(65)86-64-44-38-49(45-74(64)88(69-29-15-28-68(87)81(69)86)52-40-43-57-54-18-2-11-35-76(54)92-80(57)48-52)50-37-41-58-60-21-14-33-73(84(60)94-78(58)46-50)90-67-27-9-6-24-63(67)85-62-23-5-8-26-66(62)89(70-30-16-31-71(90)82(70)85)72-32-13-20-59-55-19-3-12-36-77(55)93-83(59)72/h1-48H. The van der Waals surface area contributed by atoms with Gasteiger partial charge < -0.3 is 37.3 Å². The van der Waals surface area contributed by atoms with Crippen LogP contribution in [-0.4, -0.2) is 13.4 Å². The van der Waals surface area contributed by atoms with Crippen molar-refractivity contribution in [3.05, 3.63) is 291 Å². The highest BCUT2D eigenvalue weighted by atomic mass is 16.3. The molecule has 0 unspecified atom stereocenters. The molecule has 8 heterocycles. The number of rotatable bonds is 5. The van der Waals surface area contributed by atoms with Gasteiger partial charge in [-0.25, -0.2) is 0 Å². The quantitative estimate of drug-likeness (QED) is 0.158. The Bertz CT molecular complexity index is 6350. The van der Waals surface area contributed by atoms with Crippen molar-refractivity contribution in [1.29, 1.82) is 0 Å². The third-order valence-electron chi connectivity index (χ3n) is 20.6. The van der Waals surface area contributed by atoms with E-state index in [9.17, 15) is 0 Å². The molecule has 0 bridgehead atoms. The molecule has 0 saturated carbocycles. The van der Waals surface area contributed by atoms with Gasteiger partial charge in [0.25, 0.3) is 13.4 Å². The fourth-order valence-corrected chi connectivity index (χ4v) is 16.7. The SMILES string of the molecule is c1ccc2c(c1)B1c3ccc(-c4ccc5c(c4)oc4c(N6c7ccccc7B7c8ccccc8N(c8cccc9c8oc8ccccc89)c8cccc6c87)cccc45)cc3N(c3ccc4c(c3)oc3ccccc34)c3cccc(c31)N2c1ccc2c(c1)oc1ccccc12. The normalized spacial score (nSPS) is 13.6. The lowest BCUT2D eigenvalue weighted by molar-refractivity contribution is 0.668. The van der Waals surface area contributed by atoms with E-state index in [4.69, 9.17) is 17.7 Å². The first kappa shape index (κ1) is 50.4. The second-order valence-corrected chi connectivity index (χ2v) is 25.4. The molecule has 434 valence electrons. The number of benzene rings is 14. The van der Waals surface area contributed by atoms with Gasteiger partial charge >= 0.3 is 0 Å². The number of para-hydroxylation sites is 8. The molecule has 0 aliphatic carbocycles. The Morgan fingerprint density at radius 2 is 0.532 bits per heavy atom.